The molecule has 1 aliphatic rings. The summed E-state index contributed by atoms with van der Waals surface area (Å²) in [6, 6.07) is 15.4. The number of carbonyl (C=O) groups is 1. The van der Waals surface area contributed by atoms with Crippen LogP contribution in [0.15, 0.2) is 48.5 Å². The number of esters is 1. The van der Waals surface area contributed by atoms with Gasteiger partial charge in [-0.05, 0) is 92.2 Å². The lowest BCUT2D eigenvalue weighted by atomic mass is 9.99. The fourth-order valence-electron chi connectivity index (χ4n) is 4.13. The second-order valence-corrected chi connectivity index (χ2v) is 9.29. The summed E-state index contributed by atoms with van der Waals surface area (Å²) >= 11 is 0. The molecule has 2 unspecified atom stereocenters. The minimum atomic E-state index is -0.255. The predicted octanol–water partition coefficient (Wildman–Crippen LogP) is 7.75. The van der Waals surface area contributed by atoms with Gasteiger partial charge in [0.05, 0.1) is 0 Å². The molecule has 3 rings (SSSR count). The molecular formula is C29H42O4. The molecule has 2 atom stereocenters. The average molecular weight is 455 g/mol. The highest BCUT2D eigenvalue weighted by Crippen LogP contribution is 2.36. The summed E-state index contributed by atoms with van der Waals surface area (Å²) in [6.07, 6.45) is 7.43. The lowest BCUT2D eigenvalue weighted by molar-refractivity contribution is -0.162. The van der Waals surface area contributed by atoms with Crippen molar-refractivity contribution in [3.63, 3.8) is 0 Å². The number of aromatic hydroxyl groups is 1. The molecule has 0 heterocycles. The van der Waals surface area contributed by atoms with E-state index in [1.807, 2.05) is 24.3 Å². The smallest absolute Gasteiger partial charge is 0.344 e. The second-order valence-electron chi connectivity index (χ2n) is 9.29. The number of carbonyl (C=O) groups excluding carboxylic acids is 1. The summed E-state index contributed by atoms with van der Waals surface area (Å²) in [7, 11) is 0. The standard InChI is InChI=1S/C19H28O3.C10H14O/c1-4-15(3)16-8-10-17(11-9-16)21-14-18(20)22-19(5-2)12-6-7-13-19;1-3-8(2)9-4-6-10(11)7-5-9/h8-11,15H,4-7,12-14H2,1-3H3;4-8,11H,3H2,1-2H3. The molecule has 182 valence electrons. The van der Waals surface area contributed by atoms with E-state index in [0.717, 1.165) is 50.7 Å². The van der Waals surface area contributed by atoms with Gasteiger partial charge >= 0.3 is 5.97 Å². The minimum absolute atomic E-state index is 0.00950. The van der Waals surface area contributed by atoms with E-state index in [9.17, 15) is 4.79 Å². The zero-order chi connectivity index (χ0) is 24.3. The Morgan fingerprint density at radius 2 is 1.36 bits per heavy atom. The van der Waals surface area contributed by atoms with Crippen molar-refractivity contribution in [2.24, 2.45) is 0 Å². The largest absolute Gasteiger partial charge is 0.508 e. The van der Waals surface area contributed by atoms with Crippen LogP contribution in [-0.4, -0.2) is 23.3 Å². The molecule has 2 aromatic rings. The number of hydrogen-bond donors (Lipinski definition) is 1. The van der Waals surface area contributed by atoms with E-state index in [1.54, 1.807) is 12.1 Å². The van der Waals surface area contributed by atoms with Crippen LogP contribution in [0, 0.1) is 0 Å². The fraction of sp³-hybridized carbons (Fsp3) is 0.552. The summed E-state index contributed by atoms with van der Waals surface area (Å²) in [6.45, 7) is 10.8. The van der Waals surface area contributed by atoms with Crippen LogP contribution >= 0.6 is 0 Å². The molecule has 0 aromatic heterocycles. The third kappa shape index (κ3) is 8.42. The van der Waals surface area contributed by atoms with Gasteiger partial charge in [-0.2, -0.15) is 0 Å². The molecule has 0 aliphatic heterocycles. The maximum Gasteiger partial charge on any atom is 0.344 e. The van der Waals surface area contributed by atoms with E-state index in [-0.39, 0.29) is 18.2 Å². The molecule has 0 amide bonds. The highest BCUT2D eigenvalue weighted by atomic mass is 16.6. The van der Waals surface area contributed by atoms with E-state index in [1.165, 1.54) is 11.1 Å². The third-order valence-electron chi connectivity index (χ3n) is 6.98. The van der Waals surface area contributed by atoms with Crippen LogP contribution in [0.1, 0.15) is 103 Å². The van der Waals surface area contributed by atoms with Gasteiger partial charge in [0.25, 0.3) is 0 Å². The first-order valence-corrected chi connectivity index (χ1v) is 12.6. The molecule has 0 radical (unpaired) electrons. The molecular weight excluding hydrogens is 412 g/mol. The first kappa shape index (κ1) is 26.8. The third-order valence-corrected chi connectivity index (χ3v) is 6.98. The Labute approximate surface area is 200 Å². The van der Waals surface area contributed by atoms with Crippen molar-refractivity contribution in [1.29, 1.82) is 0 Å². The van der Waals surface area contributed by atoms with Crippen LogP contribution < -0.4 is 4.74 Å². The van der Waals surface area contributed by atoms with E-state index in [0.29, 0.717) is 17.6 Å². The van der Waals surface area contributed by atoms with Crippen molar-refractivity contribution >= 4 is 5.97 Å². The van der Waals surface area contributed by atoms with Crippen LogP contribution in [0.5, 0.6) is 11.5 Å². The van der Waals surface area contributed by atoms with Crippen molar-refractivity contribution in [3.05, 3.63) is 59.7 Å². The number of benzene rings is 2. The normalized spacial score (nSPS) is 16.3. The average Bonchev–Trinajstić information content (AvgIpc) is 3.31. The van der Waals surface area contributed by atoms with Gasteiger partial charge in [0.2, 0.25) is 0 Å². The number of hydrogen-bond acceptors (Lipinski definition) is 4. The molecule has 1 N–H and O–H groups in total. The number of phenolic OH excluding ortho intramolecular Hbond substituents is 1. The van der Waals surface area contributed by atoms with Crippen molar-refractivity contribution in [1.82, 2.24) is 0 Å². The summed E-state index contributed by atoms with van der Waals surface area (Å²) < 4.78 is 11.2. The van der Waals surface area contributed by atoms with E-state index < -0.39 is 0 Å². The maximum atomic E-state index is 12.0. The lowest BCUT2D eigenvalue weighted by Gasteiger charge is -2.27. The summed E-state index contributed by atoms with van der Waals surface area (Å²) in [5, 5.41) is 9.01. The highest BCUT2D eigenvalue weighted by Gasteiger charge is 2.35. The van der Waals surface area contributed by atoms with Gasteiger partial charge < -0.3 is 14.6 Å². The summed E-state index contributed by atoms with van der Waals surface area (Å²) in [5.41, 5.74) is 2.36. The lowest BCUT2D eigenvalue weighted by Crippen LogP contribution is -2.33. The Hall–Kier alpha value is -2.49. The maximum absolute atomic E-state index is 12.0. The van der Waals surface area contributed by atoms with Crippen LogP contribution in [0.25, 0.3) is 0 Å². The van der Waals surface area contributed by atoms with E-state index in [4.69, 9.17) is 14.6 Å². The van der Waals surface area contributed by atoms with Gasteiger partial charge in [0, 0.05) is 0 Å². The fourth-order valence-corrected chi connectivity index (χ4v) is 4.13. The molecule has 33 heavy (non-hydrogen) atoms. The van der Waals surface area contributed by atoms with Gasteiger partial charge in [-0.25, -0.2) is 4.79 Å². The van der Waals surface area contributed by atoms with Crippen molar-refractivity contribution in [2.75, 3.05) is 6.61 Å². The van der Waals surface area contributed by atoms with Crippen molar-refractivity contribution in [2.45, 2.75) is 97.0 Å². The van der Waals surface area contributed by atoms with Crippen molar-refractivity contribution in [3.8, 4) is 11.5 Å². The van der Waals surface area contributed by atoms with Crippen LogP contribution in [-0.2, 0) is 9.53 Å². The molecule has 0 bridgehead atoms. The number of phenols is 1. The number of rotatable bonds is 9. The van der Waals surface area contributed by atoms with E-state index in [2.05, 4.69) is 46.8 Å². The molecule has 1 aliphatic carbocycles. The highest BCUT2D eigenvalue weighted by molar-refractivity contribution is 5.71. The minimum Gasteiger partial charge on any atom is -0.508 e. The molecule has 1 fully saturated rings. The molecule has 1 saturated carbocycles. The summed E-state index contributed by atoms with van der Waals surface area (Å²) in [5.74, 6) is 1.95. The Balaban J connectivity index is 0.000000294. The van der Waals surface area contributed by atoms with Gasteiger partial charge in [0.15, 0.2) is 6.61 Å². The molecule has 4 heteroatoms. The molecule has 0 spiro atoms. The second kappa shape index (κ2) is 13.3. The zero-order valence-corrected chi connectivity index (χ0v) is 21.1. The zero-order valence-electron chi connectivity index (χ0n) is 21.1. The Kier molecular flexibility index (Phi) is 10.8. The Morgan fingerprint density at radius 3 is 1.82 bits per heavy atom. The topological polar surface area (TPSA) is 55.8 Å². The predicted molar refractivity (Wildman–Crippen MR) is 135 cm³/mol. The Bertz CT molecular complexity index is 820. The summed E-state index contributed by atoms with van der Waals surface area (Å²) in [4.78, 5) is 12.0. The first-order chi connectivity index (χ1) is 15.8. The van der Waals surface area contributed by atoms with Crippen LogP contribution in [0.4, 0.5) is 0 Å². The molecule has 2 aromatic carbocycles. The van der Waals surface area contributed by atoms with Crippen LogP contribution in [0.3, 0.4) is 0 Å². The van der Waals surface area contributed by atoms with Gasteiger partial charge in [-0.15, -0.1) is 0 Å². The van der Waals surface area contributed by atoms with E-state index >= 15 is 0 Å². The van der Waals surface area contributed by atoms with Gasteiger partial charge in [0.1, 0.15) is 17.1 Å². The quantitative estimate of drug-likeness (QED) is 0.394. The first-order valence-electron chi connectivity index (χ1n) is 12.6. The van der Waals surface area contributed by atoms with Crippen LogP contribution in [0.2, 0.25) is 0 Å². The molecule has 0 saturated heterocycles. The van der Waals surface area contributed by atoms with Crippen molar-refractivity contribution < 1.29 is 19.4 Å². The SMILES string of the molecule is CCC(C)c1ccc(O)cc1.CCC(C)c1ccc(OCC(=O)OC2(CC)CCCC2)cc1. The van der Waals surface area contributed by atoms with Gasteiger partial charge in [-0.3, -0.25) is 0 Å². The van der Waals surface area contributed by atoms with Gasteiger partial charge in [-0.1, -0.05) is 58.9 Å². The molecule has 4 nitrogen and oxygen atoms in total. The monoisotopic (exact) mass is 454 g/mol. The Morgan fingerprint density at radius 1 is 0.879 bits per heavy atom. The number of ether oxygens (including phenoxy) is 2.